The molecule has 1 unspecified atom stereocenters. The van der Waals surface area contributed by atoms with Crippen molar-refractivity contribution in [3.63, 3.8) is 0 Å². The van der Waals surface area contributed by atoms with E-state index in [9.17, 15) is 18.0 Å². The summed E-state index contributed by atoms with van der Waals surface area (Å²) >= 11 is 3.37. The number of nitrogens with zero attached hydrogens (tertiary/aromatic N) is 1. The Morgan fingerprint density at radius 2 is 2.21 bits per heavy atom. The van der Waals surface area contributed by atoms with E-state index in [2.05, 4.69) is 0 Å². The van der Waals surface area contributed by atoms with Crippen molar-refractivity contribution in [3.05, 3.63) is 22.4 Å². The molecule has 0 radical (unpaired) electrons. The number of hydrogen-bond donors (Lipinski definition) is 0. The van der Waals surface area contributed by atoms with Crippen LogP contribution in [0, 0.1) is 0 Å². The average Bonchev–Trinajstić information content (AvgIpc) is 2.71. The molecule has 1 aromatic heterocycles. The normalized spacial score (nSPS) is 21.2. The predicted molar refractivity (Wildman–Crippen MR) is 71.4 cm³/mol. The van der Waals surface area contributed by atoms with Gasteiger partial charge >= 0.3 is 6.18 Å². The third kappa shape index (κ3) is 4.42. The molecule has 1 aliphatic rings. The zero-order chi connectivity index (χ0) is 13.9. The van der Waals surface area contributed by atoms with Crippen LogP contribution in [-0.2, 0) is 4.79 Å². The molecule has 7 heteroatoms. The fraction of sp³-hybridized carbons (Fsp3) is 0.583. The lowest BCUT2D eigenvalue weighted by Gasteiger charge is -2.20. The van der Waals surface area contributed by atoms with Gasteiger partial charge in [-0.05, 0) is 17.9 Å². The molecule has 1 aromatic rings. The Morgan fingerprint density at radius 3 is 2.84 bits per heavy atom. The molecule has 0 aromatic carbocycles. The minimum Gasteiger partial charge on any atom is -0.342 e. The Hall–Kier alpha value is -0.690. The number of carbonyl (C=O) groups is 1. The van der Waals surface area contributed by atoms with Gasteiger partial charge in [0, 0.05) is 29.0 Å². The third-order valence-corrected chi connectivity index (χ3v) is 5.35. The summed E-state index contributed by atoms with van der Waals surface area (Å²) in [5.74, 6) is -0.119. The van der Waals surface area contributed by atoms with Crippen molar-refractivity contribution in [1.82, 2.24) is 4.90 Å². The van der Waals surface area contributed by atoms with Crippen molar-refractivity contribution >= 4 is 29.0 Å². The first kappa shape index (κ1) is 14.7. The number of alkyl halides is 3. The zero-order valence-electron chi connectivity index (χ0n) is 10.2. The summed E-state index contributed by atoms with van der Waals surface area (Å²) in [6.45, 7) is 0.811. The SMILES string of the molecule is O=C(CC(F)(F)F)N1CCSC(c2cccs2)CC1. The standard InChI is InChI=1S/C12H14F3NOS2/c13-12(14,15)8-11(17)16-4-3-10(19-7-5-16)9-2-1-6-18-9/h1-2,6,10H,3-5,7-8H2. The van der Waals surface area contributed by atoms with E-state index in [0.717, 1.165) is 6.42 Å². The van der Waals surface area contributed by atoms with Crippen molar-refractivity contribution in [2.75, 3.05) is 18.8 Å². The summed E-state index contributed by atoms with van der Waals surface area (Å²) in [5, 5.41) is 2.29. The van der Waals surface area contributed by atoms with E-state index in [0.29, 0.717) is 24.1 Å². The van der Waals surface area contributed by atoms with Crippen LogP contribution in [-0.4, -0.2) is 35.8 Å². The molecule has 106 valence electrons. The summed E-state index contributed by atoms with van der Waals surface area (Å²) in [5.41, 5.74) is 0. The molecule has 0 bridgehead atoms. The summed E-state index contributed by atoms with van der Waals surface area (Å²) in [6.07, 6.45) is -5.04. The van der Waals surface area contributed by atoms with E-state index in [1.165, 1.54) is 9.78 Å². The van der Waals surface area contributed by atoms with Gasteiger partial charge < -0.3 is 4.90 Å². The van der Waals surface area contributed by atoms with Crippen molar-refractivity contribution in [1.29, 1.82) is 0 Å². The van der Waals surface area contributed by atoms with E-state index in [4.69, 9.17) is 0 Å². The van der Waals surface area contributed by atoms with Crippen LogP contribution >= 0.6 is 23.1 Å². The summed E-state index contributed by atoms with van der Waals surface area (Å²) < 4.78 is 36.6. The second-order valence-electron chi connectivity index (χ2n) is 4.34. The molecule has 2 heterocycles. The molecule has 0 N–H and O–H groups in total. The third-order valence-electron chi connectivity index (χ3n) is 2.91. The topological polar surface area (TPSA) is 20.3 Å². The minimum atomic E-state index is -4.41. The van der Waals surface area contributed by atoms with Gasteiger partial charge in [-0.3, -0.25) is 4.79 Å². The van der Waals surface area contributed by atoms with Crippen LogP contribution in [0.25, 0.3) is 0 Å². The van der Waals surface area contributed by atoms with Crippen LogP contribution < -0.4 is 0 Å². The van der Waals surface area contributed by atoms with Crippen LogP contribution in [0.5, 0.6) is 0 Å². The maximum Gasteiger partial charge on any atom is 0.397 e. The highest BCUT2D eigenvalue weighted by Gasteiger charge is 2.34. The van der Waals surface area contributed by atoms with Gasteiger partial charge in [-0.2, -0.15) is 24.9 Å². The highest BCUT2D eigenvalue weighted by Crippen LogP contribution is 2.37. The lowest BCUT2D eigenvalue weighted by molar-refractivity contribution is -0.161. The molecule has 1 saturated heterocycles. The molecule has 1 aliphatic heterocycles. The van der Waals surface area contributed by atoms with Gasteiger partial charge in [-0.1, -0.05) is 6.07 Å². The molecular formula is C12H14F3NOS2. The number of amides is 1. The Balaban J connectivity index is 1.91. The first-order chi connectivity index (χ1) is 8.96. The van der Waals surface area contributed by atoms with Crippen LogP contribution in [0.1, 0.15) is 23.0 Å². The van der Waals surface area contributed by atoms with Crippen LogP contribution in [0.4, 0.5) is 13.2 Å². The molecule has 1 fully saturated rings. The summed E-state index contributed by atoms with van der Waals surface area (Å²) in [7, 11) is 0. The van der Waals surface area contributed by atoms with Gasteiger partial charge in [0.1, 0.15) is 6.42 Å². The molecule has 1 atom stereocenters. The monoisotopic (exact) mass is 309 g/mol. The maximum absolute atomic E-state index is 12.2. The highest BCUT2D eigenvalue weighted by molar-refractivity contribution is 7.99. The van der Waals surface area contributed by atoms with Gasteiger partial charge in [-0.25, -0.2) is 0 Å². The Bertz CT molecular complexity index is 419. The second kappa shape index (κ2) is 6.17. The molecule has 19 heavy (non-hydrogen) atoms. The Morgan fingerprint density at radius 1 is 1.42 bits per heavy atom. The number of carbonyl (C=O) groups excluding carboxylic acids is 1. The number of thiophene rings is 1. The van der Waals surface area contributed by atoms with E-state index in [-0.39, 0.29) is 0 Å². The quantitative estimate of drug-likeness (QED) is 0.830. The van der Waals surface area contributed by atoms with Crippen LogP contribution in [0.3, 0.4) is 0 Å². The first-order valence-corrected chi connectivity index (χ1v) is 7.88. The second-order valence-corrected chi connectivity index (χ2v) is 6.63. The Labute approximate surface area is 118 Å². The van der Waals surface area contributed by atoms with Crippen LogP contribution in [0.2, 0.25) is 0 Å². The maximum atomic E-state index is 12.2. The lowest BCUT2D eigenvalue weighted by atomic mass is 10.2. The van der Waals surface area contributed by atoms with E-state index in [1.54, 1.807) is 23.1 Å². The van der Waals surface area contributed by atoms with Gasteiger partial charge in [0.15, 0.2) is 0 Å². The Kier molecular flexibility index (Phi) is 4.78. The predicted octanol–water partition coefficient (Wildman–Crippen LogP) is 3.71. The van der Waals surface area contributed by atoms with E-state index in [1.807, 2.05) is 17.5 Å². The highest BCUT2D eigenvalue weighted by atomic mass is 32.2. The first-order valence-electron chi connectivity index (χ1n) is 5.95. The molecular weight excluding hydrogens is 295 g/mol. The average molecular weight is 309 g/mol. The molecule has 2 rings (SSSR count). The van der Waals surface area contributed by atoms with Crippen LogP contribution in [0.15, 0.2) is 17.5 Å². The van der Waals surface area contributed by atoms with Gasteiger partial charge in [-0.15, -0.1) is 11.3 Å². The van der Waals surface area contributed by atoms with Crippen molar-refractivity contribution < 1.29 is 18.0 Å². The molecule has 0 spiro atoms. The molecule has 0 aliphatic carbocycles. The van der Waals surface area contributed by atoms with Crippen molar-refractivity contribution in [2.45, 2.75) is 24.3 Å². The van der Waals surface area contributed by atoms with Crippen molar-refractivity contribution in [2.24, 2.45) is 0 Å². The number of rotatable bonds is 2. The number of halogens is 3. The molecule has 1 amide bonds. The zero-order valence-corrected chi connectivity index (χ0v) is 11.8. The van der Waals surface area contributed by atoms with Gasteiger partial charge in [0.05, 0.1) is 0 Å². The smallest absolute Gasteiger partial charge is 0.342 e. The minimum absolute atomic E-state index is 0.295. The fourth-order valence-electron chi connectivity index (χ4n) is 2.00. The van der Waals surface area contributed by atoms with E-state index < -0.39 is 18.5 Å². The largest absolute Gasteiger partial charge is 0.397 e. The summed E-state index contributed by atoms with van der Waals surface area (Å²) in [6, 6.07) is 4.01. The lowest BCUT2D eigenvalue weighted by Crippen LogP contribution is -2.35. The summed E-state index contributed by atoms with van der Waals surface area (Å²) in [4.78, 5) is 14.1. The molecule has 2 nitrogen and oxygen atoms in total. The van der Waals surface area contributed by atoms with E-state index >= 15 is 0 Å². The fourth-order valence-corrected chi connectivity index (χ4v) is 4.24. The van der Waals surface area contributed by atoms with Crippen molar-refractivity contribution in [3.8, 4) is 0 Å². The van der Waals surface area contributed by atoms with Gasteiger partial charge in [0.2, 0.25) is 5.91 Å². The number of hydrogen-bond acceptors (Lipinski definition) is 3. The molecule has 0 saturated carbocycles. The number of thioether (sulfide) groups is 1. The van der Waals surface area contributed by atoms with Gasteiger partial charge in [0.25, 0.3) is 0 Å².